The molecule has 1 N–H and O–H groups in total. The smallest absolute Gasteiger partial charge is 0.195 e. The van der Waals surface area contributed by atoms with E-state index < -0.39 is 0 Å². The van der Waals surface area contributed by atoms with Gasteiger partial charge in [-0.1, -0.05) is 13.8 Å². The van der Waals surface area contributed by atoms with Crippen LogP contribution in [-0.4, -0.2) is 27.5 Å². The first-order chi connectivity index (χ1) is 7.02. The lowest BCUT2D eigenvalue weighted by Gasteiger charge is -2.11. The lowest BCUT2D eigenvalue weighted by Crippen LogP contribution is -2.13. The van der Waals surface area contributed by atoms with E-state index >= 15 is 0 Å². The number of H-pyrrole nitrogens is 1. The molecule has 0 aliphatic carbocycles. The monoisotopic (exact) mass is 229 g/mol. The molecule has 4 nitrogen and oxygen atoms in total. The zero-order valence-electron chi connectivity index (χ0n) is 9.78. The molecule has 0 aliphatic heterocycles. The van der Waals surface area contributed by atoms with Crippen molar-refractivity contribution in [3.63, 3.8) is 0 Å². The highest BCUT2D eigenvalue weighted by molar-refractivity contribution is 7.71. The summed E-state index contributed by atoms with van der Waals surface area (Å²) < 4.78 is 8.17. The number of ether oxygens (including phenoxy) is 1. The van der Waals surface area contributed by atoms with E-state index in [0.29, 0.717) is 17.3 Å². The topological polar surface area (TPSA) is 42.8 Å². The van der Waals surface area contributed by atoms with Gasteiger partial charge in [0.15, 0.2) is 4.77 Å². The van der Waals surface area contributed by atoms with Gasteiger partial charge in [-0.25, -0.2) is 0 Å². The van der Waals surface area contributed by atoms with Crippen molar-refractivity contribution < 1.29 is 4.74 Å². The lowest BCUT2D eigenvalue weighted by molar-refractivity contribution is 0.0720. The fourth-order valence-corrected chi connectivity index (χ4v) is 1.60. The molecule has 0 radical (unpaired) electrons. The average molecular weight is 229 g/mol. The summed E-state index contributed by atoms with van der Waals surface area (Å²) in [6.45, 7) is 9.69. The molecule has 0 aliphatic rings. The third-order valence-corrected chi connectivity index (χ3v) is 2.38. The van der Waals surface area contributed by atoms with Gasteiger partial charge in [0.2, 0.25) is 0 Å². The fraction of sp³-hybridized carbons (Fsp3) is 0.800. The normalized spacial score (nSPS) is 11.6. The highest BCUT2D eigenvalue weighted by Gasteiger charge is 2.09. The van der Waals surface area contributed by atoms with E-state index in [0.717, 1.165) is 12.4 Å². The number of nitrogens with zero attached hydrogens (tertiary/aromatic N) is 2. The molecular formula is C10H19N3OS. The van der Waals surface area contributed by atoms with Crippen molar-refractivity contribution in [1.82, 2.24) is 14.8 Å². The lowest BCUT2D eigenvalue weighted by atomic mass is 10.2. The van der Waals surface area contributed by atoms with Crippen molar-refractivity contribution in [3.8, 4) is 0 Å². The van der Waals surface area contributed by atoms with Crippen molar-refractivity contribution in [2.45, 2.75) is 46.3 Å². The largest absolute Gasteiger partial charge is 0.377 e. The van der Waals surface area contributed by atoms with E-state index in [2.05, 4.69) is 24.0 Å². The van der Waals surface area contributed by atoms with Crippen molar-refractivity contribution in [2.24, 2.45) is 0 Å². The Bertz CT molecular complexity index is 354. The maximum absolute atomic E-state index is 5.50. The van der Waals surface area contributed by atoms with Gasteiger partial charge in [0.25, 0.3) is 0 Å². The molecule has 15 heavy (non-hydrogen) atoms. The van der Waals surface area contributed by atoms with Crippen LogP contribution in [0.3, 0.4) is 0 Å². The van der Waals surface area contributed by atoms with E-state index in [-0.39, 0.29) is 6.10 Å². The second-order valence-corrected chi connectivity index (χ2v) is 4.50. The van der Waals surface area contributed by atoms with Gasteiger partial charge in [-0.2, -0.15) is 5.10 Å². The standard InChI is InChI=1S/C10H19N3OS/c1-7(2)9-11-12-10(15)13(9)5-6-14-8(3)4/h7-8H,5-6H2,1-4H3,(H,12,15). The van der Waals surface area contributed by atoms with Crippen molar-refractivity contribution >= 4 is 12.2 Å². The van der Waals surface area contributed by atoms with Crippen LogP contribution in [0.5, 0.6) is 0 Å². The molecule has 0 amide bonds. The van der Waals surface area contributed by atoms with Crippen LogP contribution in [-0.2, 0) is 11.3 Å². The SMILES string of the molecule is CC(C)OCCn1c(C(C)C)n[nH]c1=S. The maximum atomic E-state index is 5.50. The van der Waals surface area contributed by atoms with E-state index in [1.54, 1.807) is 0 Å². The van der Waals surface area contributed by atoms with Gasteiger partial charge in [0.05, 0.1) is 19.3 Å². The van der Waals surface area contributed by atoms with E-state index in [1.807, 2.05) is 18.4 Å². The molecule has 1 aromatic rings. The van der Waals surface area contributed by atoms with Crippen LogP contribution in [0.25, 0.3) is 0 Å². The Morgan fingerprint density at radius 3 is 2.60 bits per heavy atom. The molecule has 0 aromatic carbocycles. The molecule has 5 heteroatoms. The van der Waals surface area contributed by atoms with Gasteiger partial charge < -0.3 is 9.30 Å². The van der Waals surface area contributed by atoms with Gasteiger partial charge in [0, 0.05) is 5.92 Å². The second kappa shape index (κ2) is 5.42. The summed E-state index contributed by atoms with van der Waals surface area (Å²) in [5, 5.41) is 7.02. The van der Waals surface area contributed by atoms with Crippen molar-refractivity contribution in [2.75, 3.05) is 6.61 Å². The molecule has 86 valence electrons. The molecule has 0 spiro atoms. The molecule has 1 heterocycles. The van der Waals surface area contributed by atoms with Crippen LogP contribution in [0.15, 0.2) is 0 Å². The Balaban J connectivity index is 2.67. The third-order valence-electron chi connectivity index (χ3n) is 2.07. The van der Waals surface area contributed by atoms with Crippen molar-refractivity contribution in [1.29, 1.82) is 0 Å². The quantitative estimate of drug-likeness (QED) is 0.789. The van der Waals surface area contributed by atoms with Crippen LogP contribution in [0.2, 0.25) is 0 Å². The van der Waals surface area contributed by atoms with Crippen LogP contribution in [0, 0.1) is 4.77 Å². The number of rotatable bonds is 5. The highest BCUT2D eigenvalue weighted by Crippen LogP contribution is 2.11. The summed E-state index contributed by atoms with van der Waals surface area (Å²) >= 11 is 5.16. The number of hydrogen-bond donors (Lipinski definition) is 1. The Labute approximate surface area is 95.7 Å². The number of nitrogens with one attached hydrogen (secondary N) is 1. The Morgan fingerprint density at radius 2 is 2.07 bits per heavy atom. The maximum Gasteiger partial charge on any atom is 0.195 e. The fourth-order valence-electron chi connectivity index (χ4n) is 1.37. The van der Waals surface area contributed by atoms with Crippen LogP contribution >= 0.6 is 12.2 Å². The van der Waals surface area contributed by atoms with Gasteiger partial charge in [-0.05, 0) is 26.1 Å². The van der Waals surface area contributed by atoms with E-state index in [9.17, 15) is 0 Å². The summed E-state index contributed by atoms with van der Waals surface area (Å²) in [6, 6.07) is 0. The first-order valence-electron chi connectivity index (χ1n) is 5.29. The van der Waals surface area contributed by atoms with E-state index in [4.69, 9.17) is 17.0 Å². The summed E-state index contributed by atoms with van der Waals surface area (Å²) in [5.41, 5.74) is 0. The molecule has 0 saturated carbocycles. The molecule has 0 bridgehead atoms. The first kappa shape index (κ1) is 12.4. The Kier molecular flexibility index (Phi) is 4.47. The highest BCUT2D eigenvalue weighted by atomic mass is 32.1. The predicted octanol–water partition coefficient (Wildman–Crippen LogP) is 2.49. The number of aromatic amines is 1. The Hall–Kier alpha value is -0.680. The molecule has 0 unspecified atom stereocenters. The minimum atomic E-state index is 0.258. The molecular weight excluding hydrogens is 210 g/mol. The van der Waals surface area contributed by atoms with Crippen molar-refractivity contribution in [3.05, 3.63) is 10.6 Å². The Morgan fingerprint density at radius 1 is 1.40 bits per heavy atom. The van der Waals surface area contributed by atoms with Crippen LogP contribution in [0.1, 0.15) is 39.4 Å². The third kappa shape index (κ3) is 3.43. The first-order valence-corrected chi connectivity index (χ1v) is 5.70. The van der Waals surface area contributed by atoms with E-state index in [1.165, 1.54) is 0 Å². The van der Waals surface area contributed by atoms with Gasteiger partial charge >= 0.3 is 0 Å². The number of aromatic nitrogens is 3. The van der Waals surface area contributed by atoms with Crippen LogP contribution < -0.4 is 0 Å². The minimum Gasteiger partial charge on any atom is -0.377 e. The molecule has 0 saturated heterocycles. The molecule has 0 atom stereocenters. The second-order valence-electron chi connectivity index (χ2n) is 4.11. The number of hydrogen-bond acceptors (Lipinski definition) is 3. The van der Waals surface area contributed by atoms with Gasteiger partial charge in [-0.3, -0.25) is 5.10 Å². The average Bonchev–Trinajstić information content (AvgIpc) is 2.47. The minimum absolute atomic E-state index is 0.258. The summed E-state index contributed by atoms with van der Waals surface area (Å²) in [4.78, 5) is 0. The molecule has 1 aromatic heterocycles. The van der Waals surface area contributed by atoms with Crippen LogP contribution in [0.4, 0.5) is 0 Å². The molecule has 0 fully saturated rings. The predicted molar refractivity (Wildman–Crippen MR) is 62.6 cm³/mol. The van der Waals surface area contributed by atoms with Gasteiger partial charge in [-0.15, -0.1) is 0 Å². The summed E-state index contributed by atoms with van der Waals surface area (Å²) in [6.07, 6.45) is 0.258. The summed E-state index contributed by atoms with van der Waals surface area (Å²) in [5.74, 6) is 1.37. The summed E-state index contributed by atoms with van der Waals surface area (Å²) in [7, 11) is 0. The molecule has 1 rings (SSSR count). The van der Waals surface area contributed by atoms with Gasteiger partial charge in [0.1, 0.15) is 5.82 Å². The zero-order chi connectivity index (χ0) is 11.4. The zero-order valence-corrected chi connectivity index (χ0v) is 10.6.